The van der Waals surface area contributed by atoms with Crippen molar-refractivity contribution in [2.45, 2.75) is 26.5 Å². The fourth-order valence-electron chi connectivity index (χ4n) is 3.39. The van der Waals surface area contributed by atoms with Gasteiger partial charge in [-0.15, -0.1) is 24.0 Å². The third kappa shape index (κ3) is 5.35. The molecular formula is C21H27FIN3O2. The van der Waals surface area contributed by atoms with Crippen LogP contribution >= 0.6 is 24.0 Å². The second kappa shape index (κ2) is 10.1. The molecule has 1 saturated heterocycles. The van der Waals surface area contributed by atoms with Gasteiger partial charge in [-0.1, -0.05) is 29.8 Å². The zero-order valence-corrected chi connectivity index (χ0v) is 18.7. The molecule has 0 bridgehead atoms. The van der Waals surface area contributed by atoms with Crippen molar-refractivity contribution in [2.24, 2.45) is 4.99 Å². The minimum absolute atomic E-state index is 0. The Morgan fingerprint density at radius 2 is 2.07 bits per heavy atom. The van der Waals surface area contributed by atoms with Crippen LogP contribution in [0, 0.1) is 19.7 Å². The topological polar surface area (TPSA) is 57.1 Å². The van der Waals surface area contributed by atoms with Crippen LogP contribution in [0.4, 0.5) is 4.39 Å². The summed E-state index contributed by atoms with van der Waals surface area (Å²) in [7, 11) is 1.74. The summed E-state index contributed by atoms with van der Waals surface area (Å²) in [5, 5.41) is 12.6. The molecule has 2 N–H and O–H groups in total. The lowest BCUT2D eigenvalue weighted by atomic mass is 10.00. The van der Waals surface area contributed by atoms with Gasteiger partial charge in [0.05, 0.1) is 13.2 Å². The van der Waals surface area contributed by atoms with Crippen LogP contribution < -0.4 is 5.32 Å². The van der Waals surface area contributed by atoms with Crippen LogP contribution in [0.15, 0.2) is 41.4 Å². The molecule has 0 aliphatic carbocycles. The highest BCUT2D eigenvalue weighted by Gasteiger charge is 2.25. The second-order valence-corrected chi connectivity index (χ2v) is 6.85. The lowest BCUT2D eigenvalue weighted by molar-refractivity contribution is -0.00834. The summed E-state index contributed by atoms with van der Waals surface area (Å²) < 4.78 is 19.5. The highest BCUT2D eigenvalue weighted by molar-refractivity contribution is 14.0. The number of hydrogen-bond donors (Lipinski definition) is 2. The number of nitrogens with one attached hydrogen (secondary N) is 1. The van der Waals surface area contributed by atoms with Crippen molar-refractivity contribution in [3.05, 3.63) is 64.5 Å². The second-order valence-electron chi connectivity index (χ2n) is 6.85. The van der Waals surface area contributed by atoms with Crippen molar-refractivity contribution in [2.75, 3.05) is 26.7 Å². The summed E-state index contributed by atoms with van der Waals surface area (Å²) in [5.74, 6) is -0.209. The minimum Gasteiger partial charge on any atom is -0.505 e. The van der Waals surface area contributed by atoms with E-state index in [1.165, 1.54) is 28.8 Å². The van der Waals surface area contributed by atoms with Gasteiger partial charge in [0.1, 0.15) is 6.10 Å². The van der Waals surface area contributed by atoms with Crippen molar-refractivity contribution in [3.8, 4) is 5.75 Å². The first-order valence-electron chi connectivity index (χ1n) is 9.09. The molecular weight excluding hydrogens is 472 g/mol. The maximum Gasteiger partial charge on any atom is 0.194 e. The van der Waals surface area contributed by atoms with Crippen LogP contribution in [0.25, 0.3) is 0 Å². The van der Waals surface area contributed by atoms with Crippen molar-refractivity contribution < 1.29 is 14.2 Å². The summed E-state index contributed by atoms with van der Waals surface area (Å²) in [4.78, 5) is 6.52. The Labute approximate surface area is 182 Å². The molecule has 0 radical (unpaired) electrons. The standard InChI is InChI=1S/C21H26FN3O2.HI/c1-14-4-6-17(15(2)10-14)20-13-25(8-9-27-20)21(23-3)24-12-16-5-7-19(26)18(22)11-16;/h4-7,10-11,20,26H,8-9,12-13H2,1-3H3,(H,23,24);1H. The SMILES string of the molecule is CN=C(NCc1ccc(O)c(F)c1)N1CCOC(c2ccc(C)cc2C)C1.I. The van der Waals surface area contributed by atoms with E-state index in [0.717, 1.165) is 18.1 Å². The first-order valence-corrected chi connectivity index (χ1v) is 9.09. The molecule has 1 atom stereocenters. The van der Waals surface area contributed by atoms with Crippen LogP contribution in [-0.2, 0) is 11.3 Å². The first-order chi connectivity index (χ1) is 13.0. The minimum atomic E-state index is -0.620. The van der Waals surface area contributed by atoms with Gasteiger partial charge >= 0.3 is 0 Å². The highest BCUT2D eigenvalue weighted by atomic mass is 127. The normalized spacial score (nSPS) is 17.2. The van der Waals surface area contributed by atoms with Gasteiger partial charge in [0.2, 0.25) is 0 Å². The molecule has 3 rings (SSSR count). The molecule has 5 nitrogen and oxygen atoms in total. The summed E-state index contributed by atoms with van der Waals surface area (Å²) in [6, 6.07) is 10.8. The van der Waals surface area contributed by atoms with Crippen LogP contribution in [-0.4, -0.2) is 42.7 Å². The van der Waals surface area contributed by atoms with Crippen molar-refractivity contribution in [1.29, 1.82) is 0 Å². The molecule has 0 amide bonds. The highest BCUT2D eigenvalue weighted by Crippen LogP contribution is 2.26. The first kappa shape index (κ1) is 22.4. The van der Waals surface area contributed by atoms with Gasteiger partial charge < -0.3 is 20.1 Å². The number of phenolic OH excluding ortho intramolecular Hbond substituents is 1. The molecule has 152 valence electrons. The van der Waals surface area contributed by atoms with Gasteiger partial charge in [-0.25, -0.2) is 4.39 Å². The zero-order valence-electron chi connectivity index (χ0n) is 16.4. The summed E-state index contributed by atoms with van der Waals surface area (Å²) in [6.45, 7) is 6.68. The lowest BCUT2D eigenvalue weighted by Crippen LogP contribution is -2.48. The molecule has 7 heteroatoms. The fraction of sp³-hybridized carbons (Fsp3) is 0.381. The van der Waals surface area contributed by atoms with E-state index in [2.05, 4.69) is 47.3 Å². The molecule has 1 aliphatic heterocycles. The largest absolute Gasteiger partial charge is 0.505 e. The van der Waals surface area contributed by atoms with E-state index < -0.39 is 5.82 Å². The number of aliphatic imine (C=N–C) groups is 1. The number of phenols is 1. The maximum atomic E-state index is 13.5. The Morgan fingerprint density at radius 1 is 1.29 bits per heavy atom. The van der Waals surface area contributed by atoms with Gasteiger partial charge in [-0.05, 0) is 42.7 Å². The summed E-state index contributed by atoms with van der Waals surface area (Å²) in [6.07, 6.45) is -0.0102. The number of hydrogen-bond acceptors (Lipinski definition) is 3. The molecule has 1 unspecified atom stereocenters. The number of halogens is 2. The van der Waals surface area contributed by atoms with Crippen LogP contribution in [0.2, 0.25) is 0 Å². The monoisotopic (exact) mass is 499 g/mol. The van der Waals surface area contributed by atoms with Gasteiger partial charge in [0, 0.05) is 20.1 Å². The van der Waals surface area contributed by atoms with Gasteiger partial charge in [-0.2, -0.15) is 0 Å². The van der Waals surface area contributed by atoms with Crippen molar-refractivity contribution >= 4 is 29.9 Å². The Bertz CT molecular complexity index is 844. The van der Waals surface area contributed by atoms with Gasteiger partial charge in [-0.3, -0.25) is 4.99 Å². The lowest BCUT2D eigenvalue weighted by Gasteiger charge is -2.36. The molecule has 0 aromatic heterocycles. The molecule has 1 aliphatic rings. The molecule has 2 aromatic rings. The third-order valence-corrected chi connectivity index (χ3v) is 4.81. The molecule has 28 heavy (non-hydrogen) atoms. The van der Waals surface area contributed by atoms with E-state index in [9.17, 15) is 9.50 Å². The van der Waals surface area contributed by atoms with E-state index in [1.54, 1.807) is 13.1 Å². The van der Waals surface area contributed by atoms with Gasteiger partial charge in [0.15, 0.2) is 17.5 Å². The number of aryl methyl sites for hydroxylation is 2. The molecule has 1 heterocycles. The Kier molecular flexibility index (Phi) is 8.06. The Balaban J connectivity index is 0.00000280. The summed E-state index contributed by atoms with van der Waals surface area (Å²) in [5.41, 5.74) is 4.40. The van der Waals surface area contributed by atoms with E-state index in [1.807, 2.05) is 0 Å². The van der Waals surface area contributed by atoms with Crippen LogP contribution in [0.3, 0.4) is 0 Å². The van der Waals surface area contributed by atoms with E-state index in [4.69, 9.17) is 4.74 Å². The predicted molar refractivity (Wildman–Crippen MR) is 120 cm³/mol. The molecule has 1 fully saturated rings. The van der Waals surface area contributed by atoms with Crippen molar-refractivity contribution in [1.82, 2.24) is 10.2 Å². The average Bonchev–Trinajstić information content (AvgIpc) is 2.65. The average molecular weight is 499 g/mol. The number of ether oxygens (including phenoxy) is 1. The number of aromatic hydroxyl groups is 1. The molecule has 0 spiro atoms. The number of benzene rings is 2. The number of nitrogens with zero attached hydrogens (tertiary/aromatic N) is 2. The fourth-order valence-corrected chi connectivity index (χ4v) is 3.39. The summed E-state index contributed by atoms with van der Waals surface area (Å²) >= 11 is 0. The van der Waals surface area contributed by atoms with E-state index in [-0.39, 0.29) is 35.8 Å². The zero-order chi connectivity index (χ0) is 19.4. The number of guanidine groups is 1. The Morgan fingerprint density at radius 3 is 2.75 bits per heavy atom. The quantitative estimate of drug-likeness (QED) is 0.382. The van der Waals surface area contributed by atoms with Crippen LogP contribution in [0.1, 0.15) is 28.4 Å². The number of rotatable bonds is 3. The Hall–Kier alpha value is -1.87. The number of morpholine rings is 1. The molecule has 2 aromatic carbocycles. The predicted octanol–water partition coefficient (Wildman–Crippen LogP) is 3.92. The van der Waals surface area contributed by atoms with Crippen LogP contribution in [0.5, 0.6) is 5.75 Å². The maximum absolute atomic E-state index is 13.5. The van der Waals surface area contributed by atoms with E-state index >= 15 is 0 Å². The van der Waals surface area contributed by atoms with Gasteiger partial charge in [0.25, 0.3) is 0 Å². The van der Waals surface area contributed by atoms with E-state index in [0.29, 0.717) is 19.7 Å². The smallest absolute Gasteiger partial charge is 0.194 e. The third-order valence-electron chi connectivity index (χ3n) is 4.81. The molecule has 0 saturated carbocycles. The van der Waals surface area contributed by atoms with Crippen molar-refractivity contribution in [3.63, 3.8) is 0 Å².